The Hall–Kier alpha value is -0.960. The number of morpholine rings is 1. The van der Waals surface area contributed by atoms with E-state index in [4.69, 9.17) is 4.74 Å². The fraction of sp³-hybridized carbons (Fsp3) is 0.462. The minimum absolute atomic E-state index is 0.132. The number of hydrogen-bond acceptors (Lipinski definition) is 4. The average molecular weight is 377 g/mol. The van der Waals surface area contributed by atoms with Crippen molar-refractivity contribution in [3.05, 3.63) is 28.7 Å². The summed E-state index contributed by atoms with van der Waals surface area (Å²) in [4.78, 5) is 13.9. The second-order valence-electron chi connectivity index (χ2n) is 4.73. The number of hydrogen-bond donors (Lipinski definition) is 1. The standard InChI is InChI=1S/C13H17BrN2O4S/c1-10(13(17)16-6-8-20-9-7-16)15-21(18,19)12-4-2-11(14)3-5-12/h2-5,10,15H,6-9H2,1H3/t10-/m0/s1. The number of carbonyl (C=O) groups excluding carboxylic acids is 1. The van der Waals surface area contributed by atoms with Crippen LogP contribution in [0.15, 0.2) is 33.6 Å². The molecule has 2 rings (SSSR count). The van der Waals surface area contributed by atoms with Crippen LogP contribution in [0.25, 0.3) is 0 Å². The Morgan fingerprint density at radius 3 is 2.43 bits per heavy atom. The number of nitrogens with zero attached hydrogens (tertiary/aromatic N) is 1. The number of amides is 1. The summed E-state index contributed by atoms with van der Waals surface area (Å²) >= 11 is 3.25. The number of nitrogens with one attached hydrogen (secondary N) is 1. The molecule has 0 unspecified atom stereocenters. The highest BCUT2D eigenvalue weighted by Crippen LogP contribution is 2.15. The molecule has 116 valence electrons. The van der Waals surface area contributed by atoms with Gasteiger partial charge in [0.1, 0.15) is 0 Å². The van der Waals surface area contributed by atoms with E-state index in [2.05, 4.69) is 20.7 Å². The van der Waals surface area contributed by atoms with Crippen molar-refractivity contribution >= 4 is 31.9 Å². The van der Waals surface area contributed by atoms with E-state index in [0.29, 0.717) is 26.3 Å². The molecule has 1 atom stereocenters. The predicted octanol–water partition coefficient (Wildman–Crippen LogP) is 0.975. The van der Waals surface area contributed by atoms with E-state index in [1.54, 1.807) is 24.0 Å². The van der Waals surface area contributed by atoms with Crippen molar-refractivity contribution in [2.24, 2.45) is 0 Å². The molecule has 1 heterocycles. The monoisotopic (exact) mass is 376 g/mol. The minimum Gasteiger partial charge on any atom is -0.378 e. The molecule has 0 spiro atoms. The van der Waals surface area contributed by atoms with Gasteiger partial charge in [0.2, 0.25) is 15.9 Å². The molecule has 8 heteroatoms. The van der Waals surface area contributed by atoms with Crippen molar-refractivity contribution < 1.29 is 17.9 Å². The normalized spacial score (nSPS) is 17.5. The van der Waals surface area contributed by atoms with E-state index in [0.717, 1.165) is 4.47 Å². The van der Waals surface area contributed by atoms with E-state index in [1.807, 2.05) is 0 Å². The SMILES string of the molecule is C[C@H](NS(=O)(=O)c1ccc(Br)cc1)C(=O)N1CCOCC1. The topological polar surface area (TPSA) is 75.7 Å². The van der Waals surface area contributed by atoms with Crippen molar-refractivity contribution in [1.29, 1.82) is 0 Å². The number of carbonyl (C=O) groups is 1. The minimum atomic E-state index is -3.71. The highest BCUT2D eigenvalue weighted by molar-refractivity contribution is 9.10. The Kier molecular flexibility index (Phi) is 5.37. The summed E-state index contributed by atoms with van der Waals surface area (Å²) in [6.45, 7) is 3.50. The van der Waals surface area contributed by atoms with Gasteiger partial charge in [0.15, 0.2) is 0 Å². The molecule has 0 aromatic heterocycles. The third-order valence-electron chi connectivity index (χ3n) is 3.15. The molecule has 1 aromatic rings. The largest absolute Gasteiger partial charge is 0.378 e. The van der Waals surface area contributed by atoms with Gasteiger partial charge in [-0.3, -0.25) is 4.79 Å². The first kappa shape index (κ1) is 16.4. The first-order valence-corrected chi connectivity index (χ1v) is 8.82. The number of rotatable bonds is 4. The summed E-state index contributed by atoms with van der Waals surface area (Å²) in [6, 6.07) is 5.44. The second kappa shape index (κ2) is 6.87. The highest BCUT2D eigenvalue weighted by atomic mass is 79.9. The zero-order valence-electron chi connectivity index (χ0n) is 11.6. The predicted molar refractivity (Wildman–Crippen MR) is 81.3 cm³/mol. The Morgan fingerprint density at radius 1 is 1.29 bits per heavy atom. The maximum Gasteiger partial charge on any atom is 0.241 e. The van der Waals surface area contributed by atoms with Crippen LogP contribution in [0.2, 0.25) is 0 Å². The van der Waals surface area contributed by atoms with Gasteiger partial charge in [-0.25, -0.2) is 8.42 Å². The first-order chi connectivity index (χ1) is 9.90. The molecule has 1 fully saturated rings. The second-order valence-corrected chi connectivity index (χ2v) is 7.36. The van der Waals surface area contributed by atoms with Gasteiger partial charge in [0, 0.05) is 17.6 Å². The Labute approximate surface area is 132 Å². The molecule has 21 heavy (non-hydrogen) atoms. The van der Waals surface area contributed by atoms with Gasteiger partial charge in [-0.05, 0) is 31.2 Å². The number of benzene rings is 1. The molecule has 1 aliphatic rings. The molecular formula is C13H17BrN2O4S. The molecule has 1 amide bonds. The lowest BCUT2D eigenvalue weighted by Crippen LogP contribution is -2.50. The lowest BCUT2D eigenvalue weighted by Gasteiger charge is -2.29. The van der Waals surface area contributed by atoms with E-state index in [9.17, 15) is 13.2 Å². The van der Waals surface area contributed by atoms with E-state index < -0.39 is 16.1 Å². The molecule has 1 aromatic carbocycles. The average Bonchev–Trinajstić information content (AvgIpc) is 2.47. The van der Waals surface area contributed by atoms with Crippen molar-refractivity contribution in [3.8, 4) is 0 Å². The Balaban J connectivity index is 2.05. The first-order valence-electron chi connectivity index (χ1n) is 6.54. The molecule has 0 saturated carbocycles. The van der Waals surface area contributed by atoms with Crippen LogP contribution in [0.5, 0.6) is 0 Å². The van der Waals surface area contributed by atoms with Crippen LogP contribution in [0.3, 0.4) is 0 Å². The van der Waals surface area contributed by atoms with Crippen LogP contribution in [0.4, 0.5) is 0 Å². The van der Waals surface area contributed by atoms with Crippen molar-refractivity contribution in [1.82, 2.24) is 9.62 Å². The van der Waals surface area contributed by atoms with Gasteiger partial charge in [-0.15, -0.1) is 0 Å². The maximum atomic E-state index is 12.2. The zero-order chi connectivity index (χ0) is 15.5. The van der Waals surface area contributed by atoms with Crippen LogP contribution in [0, 0.1) is 0 Å². The third-order valence-corrected chi connectivity index (χ3v) is 5.23. The molecule has 1 saturated heterocycles. The fourth-order valence-electron chi connectivity index (χ4n) is 2.02. The summed E-state index contributed by atoms with van der Waals surface area (Å²) in [5.74, 6) is -0.237. The molecule has 0 aliphatic carbocycles. The summed E-state index contributed by atoms with van der Waals surface area (Å²) < 4.78 is 32.8. The van der Waals surface area contributed by atoms with Gasteiger partial charge in [0.25, 0.3) is 0 Å². The highest BCUT2D eigenvalue weighted by Gasteiger charge is 2.26. The molecule has 0 radical (unpaired) electrons. The van der Waals surface area contributed by atoms with Crippen molar-refractivity contribution in [2.75, 3.05) is 26.3 Å². The third kappa shape index (κ3) is 4.26. The molecule has 6 nitrogen and oxygen atoms in total. The van der Waals surface area contributed by atoms with Crippen LogP contribution in [-0.2, 0) is 19.6 Å². The van der Waals surface area contributed by atoms with Crippen molar-refractivity contribution in [2.45, 2.75) is 17.9 Å². The molecule has 1 N–H and O–H groups in total. The van der Waals surface area contributed by atoms with Crippen LogP contribution in [0.1, 0.15) is 6.92 Å². The molecule has 1 aliphatic heterocycles. The summed E-state index contributed by atoms with van der Waals surface area (Å²) in [5.41, 5.74) is 0. The van der Waals surface area contributed by atoms with Gasteiger partial charge in [0.05, 0.1) is 24.2 Å². The van der Waals surface area contributed by atoms with Gasteiger partial charge < -0.3 is 9.64 Å². The number of halogens is 1. The van der Waals surface area contributed by atoms with E-state index in [-0.39, 0.29) is 10.8 Å². The summed E-state index contributed by atoms with van der Waals surface area (Å²) in [7, 11) is -3.71. The van der Waals surface area contributed by atoms with Gasteiger partial charge >= 0.3 is 0 Å². The Morgan fingerprint density at radius 2 is 1.86 bits per heavy atom. The molecular weight excluding hydrogens is 360 g/mol. The van der Waals surface area contributed by atoms with Crippen LogP contribution in [-0.4, -0.2) is 51.6 Å². The zero-order valence-corrected chi connectivity index (χ0v) is 14.0. The quantitative estimate of drug-likeness (QED) is 0.849. The smallest absolute Gasteiger partial charge is 0.241 e. The molecule has 0 bridgehead atoms. The van der Waals surface area contributed by atoms with Crippen molar-refractivity contribution in [3.63, 3.8) is 0 Å². The number of ether oxygens (including phenoxy) is 1. The van der Waals surface area contributed by atoms with Crippen LogP contribution < -0.4 is 4.72 Å². The van der Waals surface area contributed by atoms with Gasteiger partial charge in [-0.1, -0.05) is 15.9 Å². The lowest BCUT2D eigenvalue weighted by molar-refractivity contribution is -0.136. The summed E-state index contributed by atoms with van der Waals surface area (Å²) in [6.07, 6.45) is 0. The maximum absolute atomic E-state index is 12.2. The fourth-order valence-corrected chi connectivity index (χ4v) is 3.48. The van der Waals surface area contributed by atoms with Crippen LogP contribution >= 0.6 is 15.9 Å². The Bertz CT molecular complexity index is 597. The van der Waals surface area contributed by atoms with E-state index in [1.165, 1.54) is 12.1 Å². The summed E-state index contributed by atoms with van der Waals surface area (Å²) in [5, 5.41) is 0. The van der Waals surface area contributed by atoms with E-state index >= 15 is 0 Å². The lowest BCUT2D eigenvalue weighted by atomic mass is 10.3. The van der Waals surface area contributed by atoms with Gasteiger partial charge in [-0.2, -0.15) is 4.72 Å². The number of sulfonamides is 1.